The summed E-state index contributed by atoms with van der Waals surface area (Å²) < 4.78 is 68.5. The van der Waals surface area contributed by atoms with Crippen molar-refractivity contribution in [2.24, 2.45) is 17.8 Å². The quantitative estimate of drug-likeness (QED) is 0.0222. The minimum Gasteiger partial charge on any atom is -0.462 e. The maximum atomic E-state index is 13.1. The Morgan fingerprint density at radius 1 is 0.305 bits per heavy atom. The van der Waals surface area contributed by atoms with E-state index in [1.54, 1.807) is 0 Å². The first kappa shape index (κ1) is 93.1. The number of hydrogen-bond acceptors (Lipinski definition) is 15. The van der Waals surface area contributed by atoms with Crippen LogP contribution in [0.3, 0.4) is 0 Å². The van der Waals surface area contributed by atoms with Gasteiger partial charge in [0, 0.05) is 25.7 Å². The molecule has 0 radical (unpaired) electrons. The Balaban J connectivity index is 5.25. The number of aliphatic hydroxyl groups excluding tert-OH is 1. The van der Waals surface area contributed by atoms with Gasteiger partial charge in [-0.1, -0.05) is 337 Å². The number of phosphoric acid groups is 2. The van der Waals surface area contributed by atoms with E-state index in [4.69, 9.17) is 37.0 Å². The molecule has 7 atom stereocenters. The lowest BCUT2D eigenvalue weighted by atomic mass is 9.99. The molecule has 0 fully saturated rings. The fourth-order valence-corrected chi connectivity index (χ4v) is 13.1. The van der Waals surface area contributed by atoms with E-state index >= 15 is 0 Å². The van der Waals surface area contributed by atoms with Gasteiger partial charge >= 0.3 is 39.5 Å². The highest BCUT2D eigenvalue weighted by molar-refractivity contribution is 7.47. The number of carbonyl (C=O) groups excluding carboxylic acids is 4. The molecule has 0 aliphatic rings. The number of hydrogen-bond donors (Lipinski definition) is 3. The number of carbonyl (C=O) groups is 4. The Kier molecular flexibility index (Phi) is 65.2. The number of aliphatic hydroxyl groups is 1. The third kappa shape index (κ3) is 67.6. The first-order valence-electron chi connectivity index (χ1n) is 39.4. The van der Waals surface area contributed by atoms with Gasteiger partial charge in [-0.15, -0.1) is 0 Å². The summed E-state index contributed by atoms with van der Waals surface area (Å²) in [5.41, 5.74) is 0. The second-order valence-electron chi connectivity index (χ2n) is 28.4. The van der Waals surface area contributed by atoms with E-state index in [1.807, 2.05) is 0 Å². The highest BCUT2D eigenvalue weighted by Gasteiger charge is 2.30. The molecule has 0 saturated carbocycles. The van der Waals surface area contributed by atoms with E-state index in [9.17, 15) is 43.2 Å². The summed E-state index contributed by atoms with van der Waals surface area (Å²) in [4.78, 5) is 72.8. The predicted molar refractivity (Wildman–Crippen MR) is 386 cm³/mol. The topological polar surface area (TPSA) is 237 Å². The van der Waals surface area contributed by atoms with E-state index in [2.05, 4.69) is 48.5 Å². The Labute approximate surface area is 581 Å². The summed E-state index contributed by atoms with van der Waals surface area (Å²) in [6.45, 7) is 11.9. The Morgan fingerprint density at radius 3 is 0.800 bits per heavy atom. The molecule has 95 heavy (non-hydrogen) atoms. The SMILES string of the molecule is CCCCCCCCCCCCCCCCCCCCC(=O)O[C@H](COC(=O)CCCCCCCCCCCCCCC(C)C)COP(=O)(O)OC[C@@H](O)COP(=O)(O)OC[C@@H](COC(=O)CCCCCCCCC(C)CC)OC(=O)CCCCCCCCCCC(C)CC. The molecule has 0 amide bonds. The van der Waals surface area contributed by atoms with Crippen LogP contribution in [0.25, 0.3) is 0 Å². The molecule has 3 N–H and O–H groups in total. The molecule has 0 aromatic heterocycles. The first-order valence-corrected chi connectivity index (χ1v) is 42.4. The maximum absolute atomic E-state index is 13.1. The zero-order valence-electron chi connectivity index (χ0n) is 62.1. The fourth-order valence-electron chi connectivity index (χ4n) is 11.5. The van der Waals surface area contributed by atoms with Gasteiger partial charge in [0.05, 0.1) is 26.4 Å². The molecule has 564 valence electrons. The van der Waals surface area contributed by atoms with Gasteiger partial charge in [0.2, 0.25) is 0 Å². The van der Waals surface area contributed by atoms with Crippen LogP contribution in [0.1, 0.15) is 389 Å². The van der Waals surface area contributed by atoms with Crippen molar-refractivity contribution in [2.75, 3.05) is 39.6 Å². The summed E-state index contributed by atoms with van der Waals surface area (Å²) in [5, 5.41) is 10.6. The summed E-state index contributed by atoms with van der Waals surface area (Å²) in [5.74, 6) is 0.162. The largest absolute Gasteiger partial charge is 0.472 e. The molecule has 4 unspecified atom stereocenters. The second-order valence-corrected chi connectivity index (χ2v) is 31.3. The number of ether oxygens (including phenoxy) is 4. The van der Waals surface area contributed by atoms with Crippen molar-refractivity contribution in [1.82, 2.24) is 0 Å². The molecule has 0 heterocycles. The van der Waals surface area contributed by atoms with Crippen molar-refractivity contribution in [2.45, 2.75) is 407 Å². The lowest BCUT2D eigenvalue weighted by Crippen LogP contribution is -2.30. The van der Waals surface area contributed by atoms with Gasteiger partial charge in [-0.25, -0.2) is 9.13 Å². The molecule has 0 aliphatic carbocycles. The monoisotopic (exact) mass is 1400 g/mol. The summed E-state index contributed by atoms with van der Waals surface area (Å²) in [6.07, 6.45) is 52.7. The smallest absolute Gasteiger partial charge is 0.462 e. The number of phosphoric ester groups is 2. The zero-order chi connectivity index (χ0) is 70.1. The van der Waals surface area contributed by atoms with Crippen LogP contribution in [-0.2, 0) is 65.4 Å². The summed E-state index contributed by atoms with van der Waals surface area (Å²) in [7, 11) is -9.91. The predicted octanol–water partition coefficient (Wildman–Crippen LogP) is 22.2. The standard InChI is InChI=1S/C76H148O17P2/c1-8-11-12-13-14-15-16-17-18-19-20-21-22-27-30-36-45-52-59-75(80)92-71(63-86-73(78)57-50-43-35-29-26-24-23-25-28-33-40-47-54-67(4)5)65-90-94(82,83)88-61-70(77)62-89-95(84,85)91-66-72(64-87-74(79)58-51-44-39-38-42-49-56-69(7)10-3)93-76(81)60-53-46-37-32-31-34-41-48-55-68(6)9-2/h67-72,77H,8-66H2,1-7H3,(H,82,83)(H,84,85)/t68?,69?,70-,71-,72-/m1/s1. The molecule has 0 rings (SSSR count). The van der Waals surface area contributed by atoms with E-state index in [-0.39, 0.29) is 25.7 Å². The van der Waals surface area contributed by atoms with Gasteiger partial charge in [-0.3, -0.25) is 37.3 Å². The van der Waals surface area contributed by atoms with Gasteiger partial charge < -0.3 is 33.8 Å². The number of rotatable bonds is 74. The lowest BCUT2D eigenvalue weighted by Gasteiger charge is -2.21. The fraction of sp³-hybridized carbons (Fsp3) is 0.947. The molecular formula is C76H148O17P2. The second kappa shape index (κ2) is 66.6. The Hall–Kier alpha value is -1.94. The van der Waals surface area contributed by atoms with Crippen molar-refractivity contribution in [3.05, 3.63) is 0 Å². The Morgan fingerprint density at radius 2 is 0.537 bits per heavy atom. The molecule has 0 aromatic carbocycles. The van der Waals surface area contributed by atoms with E-state index in [0.29, 0.717) is 25.7 Å². The van der Waals surface area contributed by atoms with Gasteiger partial charge in [0.15, 0.2) is 12.2 Å². The van der Waals surface area contributed by atoms with Crippen LogP contribution >= 0.6 is 15.6 Å². The molecular weight excluding hydrogens is 1250 g/mol. The van der Waals surface area contributed by atoms with Gasteiger partial charge in [-0.05, 0) is 43.4 Å². The summed E-state index contributed by atoms with van der Waals surface area (Å²) in [6, 6.07) is 0. The van der Waals surface area contributed by atoms with Crippen LogP contribution in [0.15, 0.2) is 0 Å². The molecule has 0 aliphatic heterocycles. The maximum Gasteiger partial charge on any atom is 0.472 e. The lowest BCUT2D eigenvalue weighted by molar-refractivity contribution is -0.161. The molecule has 0 bridgehead atoms. The average molecular weight is 1400 g/mol. The van der Waals surface area contributed by atoms with Gasteiger partial charge in [-0.2, -0.15) is 0 Å². The van der Waals surface area contributed by atoms with E-state index in [0.717, 1.165) is 114 Å². The number of esters is 4. The molecule has 0 aromatic rings. The van der Waals surface area contributed by atoms with Crippen LogP contribution in [-0.4, -0.2) is 96.7 Å². The van der Waals surface area contributed by atoms with Gasteiger partial charge in [0.1, 0.15) is 19.3 Å². The van der Waals surface area contributed by atoms with Crippen LogP contribution in [0.5, 0.6) is 0 Å². The van der Waals surface area contributed by atoms with Gasteiger partial charge in [0.25, 0.3) is 0 Å². The molecule has 0 spiro atoms. The average Bonchev–Trinajstić information content (AvgIpc) is 1.87. The highest BCUT2D eigenvalue weighted by Crippen LogP contribution is 2.45. The minimum absolute atomic E-state index is 0.104. The third-order valence-corrected chi connectivity index (χ3v) is 20.3. The van der Waals surface area contributed by atoms with Crippen molar-refractivity contribution < 1.29 is 80.2 Å². The molecule has 0 saturated heterocycles. The Bertz CT molecular complexity index is 1860. The minimum atomic E-state index is -4.96. The zero-order valence-corrected chi connectivity index (χ0v) is 63.9. The third-order valence-electron chi connectivity index (χ3n) is 18.4. The van der Waals surface area contributed by atoms with Crippen molar-refractivity contribution in [1.29, 1.82) is 0 Å². The van der Waals surface area contributed by atoms with E-state index in [1.165, 1.54) is 193 Å². The van der Waals surface area contributed by atoms with E-state index < -0.39 is 97.5 Å². The first-order chi connectivity index (χ1) is 45.8. The van der Waals surface area contributed by atoms with Crippen LogP contribution in [0, 0.1) is 17.8 Å². The van der Waals surface area contributed by atoms with Crippen LogP contribution < -0.4 is 0 Å². The molecule has 17 nitrogen and oxygen atoms in total. The van der Waals surface area contributed by atoms with Crippen LogP contribution in [0.4, 0.5) is 0 Å². The normalized spacial score (nSPS) is 14.6. The van der Waals surface area contributed by atoms with Crippen molar-refractivity contribution in [3.63, 3.8) is 0 Å². The summed E-state index contributed by atoms with van der Waals surface area (Å²) >= 11 is 0. The van der Waals surface area contributed by atoms with Crippen LogP contribution in [0.2, 0.25) is 0 Å². The highest BCUT2D eigenvalue weighted by atomic mass is 31.2. The van der Waals surface area contributed by atoms with Crippen molar-refractivity contribution >= 4 is 39.5 Å². The molecule has 19 heteroatoms. The number of unbranched alkanes of at least 4 members (excludes halogenated alkanes) is 40. The van der Waals surface area contributed by atoms with Crippen molar-refractivity contribution in [3.8, 4) is 0 Å².